The van der Waals surface area contributed by atoms with Gasteiger partial charge in [-0.3, -0.25) is 0 Å². The predicted octanol–water partition coefficient (Wildman–Crippen LogP) is 0.217. The van der Waals surface area contributed by atoms with Crippen LogP contribution in [0.3, 0.4) is 0 Å². The first-order valence-electron chi connectivity index (χ1n) is 3.18. The summed E-state index contributed by atoms with van der Waals surface area (Å²) in [5.41, 5.74) is 0. The predicted molar refractivity (Wildman–Crippen MR) is 34.7 cm³/mol. The lowest BCUT2D eigenvalue weighted by atomic mass is 10.7. The molecule has 0 spiro atoms. The zero-order valence-electron chi connectivity index (χ0n) is 6.37. The molecule has 0 unspecified atom stereocenters. The summed E-state index contributed by atoms with van der Waals surface area (Å²) in [6.45, 7) is 1.17. The summed E-state index contributed by atoms with van der Waals surface area (Å²) in [5, 5.41) is 9.67. The Morgan fingerprint density at radius 3 is 2.36 bits per heavy atom. The summed E-state index contributed by atoms with van der Waals surface area (Å²) in [6, 6.07) is 0. The lowest BCUT2D eigenvalue weighted by Crippen LogP contribution is -2.10. The van der Waals surface area contributed by atoms with E-state index >= 15 is 0 Å². The fourth-order valence-corrected chi connectivity index (χ4v) is 0.428. The Hall–Kier alpha value is -0.810. The average Bonchev–Trinajstić information content (AvgIpc) is 1.96. The van der Waals surface area contributed by atoms with E-state index in [-0.39, 0.29) is 13.2 Å². The monoisotopic (exact) mass is 163 g/mol. The van der Waals surface area contributed by atoms with E-state index < -0.39 is 6.16 Å². The first kappa shape index (κ1) is 10.2. The van der Waals surface area contributed by atoms with Crippen LogP contribution in [0.1, 0.15) is 0 Å². The maximum atomic E-state index is 9.67. The Morgan fingerprint density at radius 2 is 1.82 bits per heavy atom. The molecule has 5 heteroatoms. The Morgan fingerprint density at radius 1 is 1.18 bits per heavy atom. The third-order valence-electron chi connectivity index (χ3n) is 0.879. The van der Waals surface area contributed by atoms with E-state index in [0.717, 1.165) is 0 Å². The molecule has 0 aromatic rings. The van der Waals surface area contributed by atoms with Crippen LogP contribution in [0, 0.1) is 0 Å². The van der Waals surface area contributed by atoms with Crippen molar-refractivity contribution in [3.8, 4) is 0 Å². The lowest BCUT2D eigenvalue weighted by molar-refractivity contribution is 0.0200. The molecule has 0 aromatic carbocycles. The molecule has 1 radical (unpaired) electrons. The van der Waals surface area contributed by atoms with Crippen molar-refractivity contribution in [1.29, 1.82) is 0 Å². The highest BCUT2D eigenvalue weighted by Crippen LogP contribution is 1.80. The number of ether oxygens (including phenoxy) is 3. The SMILES string of the molecule is COCCOCCOC([O])=O. The van der Waals surface area contributed by atoms with Crippen LogP contribution >= 0.6 is 0 Å². The van der Waals surface area contributed by atoms with Crippen LogP contribution in [0.2, 0.25) is 0 Å². The number of methoxy groups -OCH3 is 1. The van der Waals surface area contributed by atoms with Gasteiger partial charge in [0.15, 0.2) is 0 Å². The summed E-state index contributed by atoms with van der Waals surface area (Å²) in [6.07, 6.45) is -1.53. The van der Waals surface area contributed by atoms with Gasteiger partial charge in [0.2, 0.25) is 0 Å². The molecule has 0 fully saturated rings. The molecule has 0 atom stereocenters. The van der Waals surface area contributed by atoms with Crippen molar-refractivity contribution < 1.29 is 24.1 Å². The Kier molecular flexibility index (Phi) is 6.76. The van der Waals surface area contributed by atoms with Gasteiger partial charge in [-0.2, -0.15) is 9.90 Å². The van der Waals surface area contributed by atoms with Gasteiger partial charge < -0.3 is 14.2 Å². The van der Waals surface area contributed by atoms with Gasteiger partial charge in [0.05, 0.1) is 19.8 Å². The summed E-state index contributed by atoms with van der Waals surface area (Å²) in [7, 11) is 1.56. The molecule has 0 rings (SSSR count). The number of carbonyl (C=O) groups is 1. The molecule has 0 aliphatic heterocycles. The van der Waals surface area contributed by atoms with Crippen molar-refractivity contribution in [3.05, 3.63) is 0 Å². The van der Waals surface area contributed by atoms with Gasteiger partial charge in [-0.1, -0.05) is 0 Å². The third-order valence-corrected chi connectivity index (χ3v) is 0.879. The van der Waals surface area contributed by atoms with E-state index in [2.05, 4.69) is 9.47 Å². The normalized spacial score (nSPS) is 9.55. The molecule has 0 aliphatic rings. The quantitative estimate of drug-likeness (QED) is 0.415. The zero-order valence-corrected chi connectivity index (χ0v) is 6.37. The smallest absolute Gasteiger partial charge is 0.429 e. The molecule has 0 saturated carbocycles. The fraction of sp³-hybridized carbons (Fsp3) is 0.833. The molecular weight excluding hydrogens is 152 g/mol. The molecular formula is C6H11O5. The molecule has 0 aromatic heterocycles. The molecule has 0 N–H and O–H groups in total. The van der Waals surface area contributed by atoms with Crippen LogP contribution in [0.15, 0.2) is 0 Å². The Balaban J connectivity index is 2.85. The van der Waals surface area contributed by atoms with Gasteiger partial charge in [-0.25, -0.2) is 0 Å². The molecule has 0 heterocycles. The van der Waals surface area contributed by atoms with E-state index in [0.29, 0.717) is 13.2 Å². The minimum absolute atomic E-state index is 0.00600. The van der Waals surface area contributed by atoms with Crippen molar-refractivity contribution in [2.24, 2.45) is 0 Å². The average molecular weight is 163 g/mol. The largest absolute Gasteiger partial charge is 0.550 e. The van der Waals surface area contributed by atoms with E-state index in [1.54, 1.807) is 7.11 Å². The third kappa shape index (κ3) is 9.19. The van der Waals surface area contributed by atoms with Gasteiger partial charge in [-0.15, -0.1) is 0 Å². The highest BCUT2D eigenvalue weighted by molar-refractivity contribution is 5.56. The van der Waals surface area contributed by atoms with Gasteiger partial charge >= 0.3 is 6.16 Å². The van der Waals surface area contributed by atoms with Crippen LogP contribution in [0.4, 0.5) is 4.79 Å². The van der Waals surface area contributed by atoms with Crippen LogP contribution < -0.4 is 0 Å². The molecule has 0 saturated heterocycles. The van der Waals surface area contributed by atoms with E-state index in [1.807, 2.05) is 0 Å². The summed E-state index contributed by atoms with van der Waals surface area (Å²) in [5.74, 6) is 0. The number of hydrogen-bond donors (Lipinski definition) is 0. The maximum absolute atomic E-state index is 9.67. The molecule has 5 nitrogen and oxygen atoms in total. The van der Waals surface area contributed by atoms with E-state index in [1.165, 1.54) is 0 Å². The standard InChI is InChI=1S/C6H11O5/c1-9-2-3-10-4-5-11-6(7)8/h2-5H2,1H3. The molecule has 11 heavy (non-hydrogen) atoms. The topological polar surface area (TPSA) is 64.7 Å². The number of rotatable bonds is 6. The second kappa shape index (κ2) is 7.30. The van der Waals surface area contributed by atoms with Crippen LogP contribution in [0.5, 0.6) is 0 Å². The van der Waals surface area contributed by atoms with E-state index in [9.17, 15) is 9.90 Å². The zero-order chi connectivity index (χ0) is 8.53. The van der Waals surface area contributed by atoms with Gasteiger partial charge in [0.1, 0.15) is 6.61 Å². The summed E-state index contributed by atoms with van der Waals surface area (Å²) < 4.78 is 13.6. The van der Waals surface area contributed by atoms with Crippen molar-refractivity contribution in [3.63, 3.8) is 0 Å². The van der Waals surface area contributed by atoms with Crippen molar-refractivity contribution in [2.75, 3.05) is 33.5 Å². The molecule has 0 amide bonds. The van der Waals surface area contributed by atoms with Gasteiger partial charge in [-0.05, 0) is 0 Å². The lowest BCUT2D eigenvalue weighted by Gasteiger charge is -2.01. The summed E-state index contributed by atoms with van der Waals surface area (Å²) in [4.78, 5) is 9.67. The summed E-state index contributed by atoms with van der Waals surface area (Å²) >= 11 is 0. The van der Waals surface area contributed by atoms with Crippen molar-refractivity contribution >= 4 is 6.16 Å². The number of hydrogen-bond acceptors (Lipinski definition) is 4. The van der Waals surface area contributed by atoms with Crippen LogP contribution in [-0.4, -0.2) is 39.7 Å². The first-order valence-corrected chi connectivity index (χ1v) is 3.18. The number of carbonyl (C=O) groups excluding carboxylic acids is 1. The second-order valence-electron chi connectivity index (χ2n) is 1.70. The van der Waals surface area contributed by atoms with Crippen molar-refractivity contribution in [1.82, 2.24) is 0 Å². The Labute approximate surface area is 64.9 Å². The highest BCUT2D eigenvalue weighted by atomic mass is 16.7. The van der Waals surface area contributed by atoms with Crippen LogP contribution in [0.25, 0.3) is 0 Å². The second-order valence-corrected chi connectivity index (χ2v) is 1.70. The maximum Gasteiger partial charge on any atom is 0.550 e. The van der Waals surface area contributed by atoms with Gasteiger partial charge in [0, 0.05) is 7.11 Å². The molecule has 0 bridgehead atoms. The highest BCUT2D eigenvalue weighted by Gasteiger charge is 1.97. The molecule has 65 valence electrons. The first-order chi connectivity index (χ1) is 5.27. The van der Waals surface area contributed by atoms with Gasteiger partial charge in [0.25, 0.3) is 0 Å². The van der Waals surface area contributed by atoms with Crippen LogP contribution in [-0.2, 0) is 19.3 Å². The minimum Gasteiger partial charge on any atom is -0.429 e. The Bertz CT molecular complexity index is 103. The van der Waals surface area contributed by atoms with E-state index in [4.69, 9.17) is 4.74 Å². The molecule has 0 aliphatic carbocycles. The fourth-order valence-electron chi connectivity index (χ4n) is 0.428. The van der Waals surface area contributed by atoms with Crippen molar-refractivity contribution in [2.45, 2.75) is 0 Å². The minimum atomic E-state index is -1.53.